The van der Waals surface area contributed by atoms with Gasteiger partial charge in [-0.15, -0.1) is 0 Å². The number of nitrogens with zero attached hydrogens (tertiary/aromatic N) is 2. The van der Waals surface area contributed by atoms with Crippen molar-refractivity contribution in [3.8, 4) is 5.75 Å². The number of carbonyl (C=O) groups excluding carboxylic acids is 1. The Kier molecular flexibility index (Phi) is 4.62. The van der Waals surface area contributed by atoms with Crippen molar-refractivity contribution in [3.63, 3.8) is 0 Å². The molecule has 0 saturated carbocycles. The Balaban J connectivity index is 1.86. The Labute approximate surface area is 147 Å². The van der Waals surface area contributed by atoms with Crippen LogP contribution in [0, 0.1) is 0 Å². The minimum absolute atomic E-state index is 0.111. The molecular weight excluding hydrogens is 320 g/mol. The summed E-state index contributed by atoms with van der Waals surface area (Å²) in [5.74, 6) is 0.621. The van der Waals surface area contributed by atoms with Crippen molar-refractivity contribution in [1.82, 2.24) is 9.80 Å². The van der Waals surface area contributed by atoms with Gasteiger partial charge < -0.3 is 9.64 Å². The molecule has 1 saturated heterocycles. The second-order valence-electron chi connectivity index (χ2n) is 5.55. The summed E-state index contributed by atoms with van der Waals surface area (Å²) in [6.45, 7) is 0.475. The van der Waals surface area contributed by atoms with Gasteiger partial charge in [-0.25, -0.2) is 0 Å². The van der Waals surface area contributed by atoms with Crippen LogP contribution in [0.4, 0.5) is 0 Å². The first kappa shape index (κ1) is 16.2. The quantitative estimate of drug-likeness (QED) is 0.633. The average molecular weight is 338 g/mol. The van der Waals surface area contributed by atoms with Gasteiger partial charge in [0, 0.05) is 19.7 Å². The predicted molar refractivity (Wildman–Crippen MR) is 98.3 cm³/mol. The average Bonchev–Trinajstić information content (AvgIpc) is 2.80. The summed E-state index contributed by atoms with van der Waals surface area (Å²) in [6.07, 6.45) is 1.82. The summed E-state index contributed by atoms with van der Waals surface area (Å²) in [4.78, 5) is 15.5. The van der Waals surface area contributed by atoms with Crippen molar-refractivity contribution in [1.29, 1.82) is 0 Å². The van der Waals surface area contributed by atoms with E-state index in [1.54, 1.807) is 19.0 Å². The lowest BCUT2D eigenvalue weighted by atomic mass is 10.1. The van der Waals surface area contributed by atoms with Crippen molar-refractivity contribution in [2.45, 2.75) is 6.61 Å². The molecule has 0 N–H and O–H groups in total. The zero-order valence-corrected chi connectivity index (χ0v) is 14.4. The molecule has 5 heteroatoms. The van der Waals surface area contributed by atoms with E-state index in [1.165, 1.54) is 4.90 Å². The molecule has 2 aromatic carbocycles. The summed E-state index contributed by atoms with van der Waals surface area (Å²) in [5.41, 5.74) is 2.48. The van der Waals surface area contributed by atoms with E-state index in [9.17, 15) is 4.79 Å². The van der Waals surface area contributed by atoms with E-state index in [4.69, 9.17) is 17.0 Å². The monoisotopic (exact) mass is 338 g/mol. The van der Waals surface area contributed by atoms with Crippen LogP contribution in [-0.2, 0) is 11.4 Å². The second-order valence-corrected chi connectivity index (χ2v) is 5.91. The van der Waals surface area contributed by atoms with Crippen LogP contribution in [0.25, 0.3) is 6.08 Å². The third-order valence-corrected chi connectivity index (χ3v) is 4.46. The lowest BCUT2D eigenvalue weighted by molar-refractivity contribution is -0.121. The summed E-state index contributed by atoms with van der Waals surface area (Å²) >= 11 is 5.24. The van der Waals surface area contributed by atoms with E-state index < -0.39 is 0 Å². The lowest BCUT2D eigenvalue weighted by Crippen LogP contribution is -2.26. The van der Waals surface area contributed by atoms with Crippen LogP contribution in [0.5, 0.6) is 5.75 Å². The maximum Gasteiger partial charge on any atom is 0.276 e. The second kappa shape index (κ2) is 6.84. The van der Waals surface area contributed by atoms with Crippen LogP contribution in [0.3, 0.4) is 0 Å². The predicted octanol–water partition coefficient (Wildman–Crippen LogP) is 3.30. The number of benzene rings is 2. The smallest absolute Gasteiger partial charge is 0.276 e. The molecule has 0 bridgehead atoms. The van der Waals surface area contributed by atoms with E-state index in [-0.39, 0.29) is 5.91 Å². The molecular formula is C19H18N2O2S. The zero-order valence-electron chi connectivity index (χ0n) is 13.6. The molecule has 1 amide bonds. The van der Waals surface area contributed by atoms with E-state index >= 15 is 0 Å². The van der Waals surface area contributed by atoms with Crippen molar-refractivity contribution < 1.29 is 9.53 Å². The molecule has 1 aliphatic rings. The van der Waals surface area contributed by atoms with Crippen molar-refractivity contribution in [2.24, 2.45) is 0 Å². The maximum absolute atomic E-state index is 12.3. The Hall–Kier alpha value is -2.66. The molecule has 1 aliphatic heterocycles. The number of likely N-dealkylation sites (N-methyl/N-ethyl adjacent to an activating group) is 2. The van der Waals surface area contributed by atoms with Crippen molar-refractivity contribution in [2.75, 3.05) is 14.1 Å². The van der Waals surface area contributed by atoms with Gasteiger partial charge in [-0.3, -0.25) is 9.69 Å². The topological polar surface area (TPSA) is 32.8 Å². The third-order valence-electron chi connectivity index (χ3n) is 3.91. The van der Waals surface area contributed by atoms with Gasteiger partial charge in [0.2, 0.25) is 0 Å². The number of amides is 1. The van der Waals surface area contributed by atoms with Crippen LogP contribution >= 0.6 is 12.2 Å². The molecule has 0 aliphatic carbocycles. The highest BCUT2D eigenvalue weighted by atomic mass is 32.1. The van der Waals surface area contributed by atoms with Crippen LogP contribution in [0.1, 0.15) is 11.1 Å². The number of ether oxygens (including phenoxy) is 1. The lowest BCUT2D eigenvalue weighted by Gasteiger charge is -2.12. The van der Waals surface area contributed by atoms with E-state index in [0.717, 1.165) is 16.9 Å². The van der Waals surface area contributed by atoms with Gasteiger partial charge in [0.1, 0.15) is 18.1 Å². The third kappa shape index (κ3) is 3.16. The summed E-state index contributed by atoms with van der Waals surface area (Å²) < 4.78 is 5.94. The summed E-state index contributed by atoms with van der Waals surface area (Å²) in [7, 11) is 3.48. The molecule has 0 spiro atoms. The van der Waals surface area contributed by atoms with Gasteiger partial charge >= 0.3 is 0 Å². The van der Waals surface area contributed by atoms with Gasteiger partial charge in [-0.1, -0.05) is 48.5 Å². The van der Waals surface area contributed by atoms with Gasteiger partial charge in [0.05, 0.1) is 0 Å². The van der Waals surface area contributed by atoms with Gasteiger partial charge in [0.15, 0.2) is 5.11 Å². The highest BCUT2D eigenvalue weighted by Crippen LogP contribution is 2.26. The number of hydrogen-bond acceptors (Lipinski definition) is 3. The molecule has 0 atom stereocenters. The molecule has 24 heavy (non-hydrogen) atoms. The minimum atomic E-state index is -0.111. The number of hydrogen-bond donors (Lipinski definition) is 0. The Bertz CT molecular complexity index is 802. The molecule has 0 aromatic heterocycles. The normalized spacial score (nSPS) is 16.2. The maximum atomic E-state index is 12.3. The Morgan fingerprint density at radius 2 is 1.67 bits per heavy atom. The van der Waals surface area contributed by atoms with E-state index in [0.29, 0.717) is 17.4 Å². The first-order valence-electron chi connectivity index (χ1n) is 7.61. The fourth-order valence-corrected chi connectivity index (χ4v) is 2.68. The molecule has 122 valence electrons. The number of thiocarbonyl (C=S) groups is 1. The first-order valence-corrected chi connectivity index (χ1v) is 8.02. The highest BCUT2D eigenvalue weighted by molar-refractivity contribution is 7.80. The van der Waals surface area contributed by atoms with Crippen molar-refractivity contribution in [3.05, 3.63) is 71.4 Å². The number of rotatable bonds is 4. The van der Waals surface area contributed by atoms with Crippen LogP contribution < -0.4 is 4.74 Å². The SMILES string of the molecule is CN1C(=O)/C(=C/c2ccccc2OCc2ccccc2)N(C)C1=S. The molecule has 1 heterocycles. The van der Waals surface area contributed by atoms with Crippen LogP contribution in [0.2, 0.25) is 0 Å². The largest absolute Gasteiger partial charge is 0.488 e. The number of para-hydroxylation sites is 1. The molecule has 0 unspecified atom stereocenters. The molecule has 0 radical (unpaired) electrons. The van der Waals surface area contributed by atoms with E-state index in [2.05, 4.69) is 0 Å². The standard InChI is InChI=1S/C19H18N2O2S/c1-20-16(18(22)21(2)19(20)24)12-15-10-6-7-11-17(15)23-13-14-8-4-3-5-9-14/h3-12H,13H2,1-2H3/b16-12-. The minimum Gasteiger partial charge on any atom is -0.488 e. The van der Waals surface area contributed by atoms with Crippen LogP contribution in [0.15, 0.2) is 60.3 Å². The molecule has 4 nitrogen and oxygen atoms in total. The van der Waals surface area contributed by atoms with Gasteiger partial charge in [-0.05, 0) is 29.9 Å². The van der Waals surface area contributed by atoms with E-state index in [1.807, 2.05) is 60.7 Å². The van der Waals surface area contributed by atoms with Gasteiger partial charge in [0.25, 0.3) is 5.91 Å². The van der Waals surface area contributed by atoms with Crippen LogP contribution in [-0.4, -0.2) is 34.9 Å². The Morgan fingerprint density at radius 3 is 2.33 bits per heavy atom. The fourth-order valence-electron chi connectivity index (χ4n) is 2.50. The van der Waals surface area contributed by atoms with Crippen molar-refractivity contribution >= 4 is 29.3 Å². The zero-order chi connectivity index (χ0) is 17.1. The summed E-state index contributed by atoms with van der Waals surface area (Å²) in [6, 6.07) is 17.6. The Morgan fingerprint density at radius 1 is 1.00 bits per heavy atom. The first-order chi connectivity index (χ1) is 11.6. The highest BCUT2D eigenvalue weighted by Gasteiger charge is 2.32. The number of carbonyl (C=O) groups is 1. The molecule has 1 fully saturated rings. The van der Waals surface area contributed by atoms with Gasteiger partial charge in [-0.2, -0.15) is 0 Å². The summed E-state index contributed by atoms with van der Waals surface area (Å²) in [5, 5.41) is 0.494. The fraction of sp³-hybridized carbons (Fsp3) is 0.158. The molecule has 3 rings (SSSR count). The molecule has 2 aromatic rings.